The molecule has 0 radical (unpaired) electrons. The van der Waals surface area contributed by atoms with Crippen molar-refractivity contribution in [2.45, 2.75) is 24.1 Å². The number of anilines is 1. The lowest BCUT2D eigenvalue weighted by Crippen LogP contribution is -2.31. The van der Waals surface area contributed by atoms with Crippen molar-refractivity contribution >= 4 is 33.2 Å². The van der Waals surface area contributed by atoms with Crippen molar-refractivity contribution in [1.29, 1.82) is 0 Å². The van der Waals surface area contributed by atoms with Gasteiger partial charge in [-0.3, -0.25) is 4.79 Å². The van der Waals surface area contributed by atoms with Gasteiger partial charge in [-0.2, -0.15) is 4.31 Å². The van der Waals surface area contributed by atoms with Gasteiger partial charge in [0.05, 0.1) is 4.90 Å². The molecule has 1 unspecified atom stereocenters. The highest BCUT2D eigenvalue weighted by molar-refractivity contribution is 7.89. The van der Waals surface area contributed by atoms with Gasteiger partial charge in [0.2, 0.25) is 15.9 Å². The van der Waals surface area contributed by atoms with Crippen molar-refractivity contribution in [2.24, 2.45) is 0 Å². The molecule has 0 aliphatic heterocycles. The maximum absolute atomic E-state index is 12.2. The Labute approximate surface area is 118 Å². The highest BCUT2D eigenvalue weighted by atomic mass is 35.5. The third-order valence-corrected chi connectivity index (χ3v) is 4.37. The molecule has 0 aliphatic carbocycles. The molecule has 1 aromatic carbocycles. The molecule has 19 heavy (non-hydrogen) atoms. The van der Waals surface area contributed by atoms with Crippen LogP contribution in [0.4, 0.5) is 5.69 Å². The van der Waals surface area contributed by atoms with Gasteiger partial charge in [-0.15, -0.1) is 11.6 Å². The standard InChI is InChI=1S/C12H17ClN2O3S/c1-9(13)8-15(3)19(17,18)12-6-4-11(5-7-12)14-10(2)16/h4-7,9H,8H2,1-3H3,(H,14,16). The van der Waals surface area contributed by atoms with E-state index in [1.165, 1.54) is 30.4 Å². The van der Waals surface area contributed by atoms with E-state index in [0.29, 0.717) is 5.69 Å². The third-order valence-electron chi connectivity index (χ3n) is 2.39. The van der Waals surface area contributed by atoms with E-state index in [1.54, 1.807) is 19.1 Å². The maximum Gasteiger partial charge on any atom is 0.242 e. The van der Waals surface area contributed by atoms with Crippen molar-refractivity contribution in [3.63, 3.8) is 0 Å². The van der Waals surface area contributed by atoms with Gasteiger partial charge in [0.25, 0.3) is 0 Å². The lowest BCUT2D eigenvalue weighted by molar-refractivity contribution is -0.114. The summed E-state index contributed by atoms with van der Waals surface area (Å²) in [4.78, 5) is 11.0. The molecule has 1 aromatic rings. The minimum Gasteiger partial charge on any atom is -0.326 e. The van der Waals surface area contributed by atoms with Crippen LogP contribution in [0.5, 0.6) is 0 Å². The monoisotopic (exact) mass is 304 g/mol. The van der Waals surface area contributed by atoms with E-state index in [1.807, 2.05) is 0 Å². The summed E-state index contributed by atoms with van der Waals surface area (Å²) in [6, 6.07) is 6.00. The highest BCUT2D eigenvalue weighted by Crippen LogP contribution is 2.18. The Kier molecular flexibility index (Phi) is 5.34. The van der Waals surface area contributed by atoms with Gasteiger partial charge in [0.1, 0.15) is 0 Å². The van der Waals surface area contributed by atoms with Gasteiger partial charge < -0.3 is 5.32 Å². The molecule has 0 aliphatic rings. The van der Waals surface area contributed by atoms with Gasteiger partial charge in [-0.1, -0.05) is 0 Å². The Balaban J connectivity index is 2.93. The first-order chi connectivity index (χ1) is 8.73. The number of alkyl halides is 1. The van der Waals surface area contributed by atoms with E-state index < -0.39 is 10.0 Å². The molecule has 0 aromatic heterocycles. The topological polar surface area (TPSA) is 66.5 Å². The first-order valence-electron chi connectivity index (χ1n) is 5.71. The van der Waals surface area contributed by atoms with Crippen LogP contribution >= 0.6 is 11.6 Å². The number of nitrogens with zero attached hydrogens (tertiary/aromatic N) is 1. The molecule has 0 fully saturated rings. The first-order valence-corrected chi connectivity index (χ1v) is 7.59. The van der Waals surface area contributed by atoms with E-state index in [4.69, 9.17) is 11.6 Å². The zero-order valence-electron chi connectivity index (χ0n) is 11.1. The number of rotatable bonds is 5. The predicted molar refractivity (Wildman–Crippen MR) is 75.9 cm³/mol. The van der Waals surface area contributed by atoms with Crippen LogP contribution in [0.25, 0.3) is 0 Å². The number of carbonyl (C=O) groups excluding carboxylic acids is 1. The smallest absolute Gasteiger partial charge is 0.242 e. The van der Waals surface area contributed by atoms with E-state index in [9.17, 15) is 13.2 Å². The Morgan fingerprint density at radius 3 is 2.32 bits per heavy atom. The molecule has 106 valence electrons. The third kappa shape index (κ3) is 4.49. The number of carbonyl (C=O) groups is 1. The molecule has 1 N–H and O–H groups in total. The van der Waals surface area contributed by atoms with Crippen LogP contribution in [-0.2, 0) is 14.8 Å². The normalized spacial score (nSPS) is 13.3. The average molecular weight is 305 g/mol. The van der Waals surface area contributed by atoms with Gasteiger partial charge >= 0.3 is 0 Å². The fraction of sp³-hybridized carbons (Fsp3) is 0.417. The van der Waals surface area contributed by atoms with Crippen LogP contribution in [0.15, 0.2) is 29.2 Å². The van der Waals surface area contributed by atoms with Crippen LogP contribution in [0.1, 0.15) is 13.8 Å². The average Bonchev–Trinajstić information content (AvgIpc) is 2.27. The Morgan fingerprint density at radius 1 is 1.37 bits per heavy atom. The van der Waals surface area contributed by atoms with E-state index in [0.717, 1.165) is 0 Å². The fourth-order valence-corrected chi connectivity index (χ4v) is 3.09. The van der Waals surface area contributed by atoms with Gasteiger partial charge in [-0.05, 0) is 31.2 Å². The Bertz CT molecular complexity index is 541. The molecular formula is C12H17ClN2O3S. The second kappa shape index (κ2) is 6.36. The summed E-state index contributed by atoms with van der Waals surface area (Å²) in [5, 5.41) is 2.31. The van der Waals surface area contributed by atoms with Crippen LogP contribution in [0, 0.1) is 0 Å². The van der Waals surface area contributed by atoms with E-state index >= 15 is 0 Å². The molecule has 7 heteroatoms. The summed E-state index contributed by atoms with van der Waals surface area (Å²) in [6.45, 7) is 3.35. The number of amides is 1. The molecule has 5 nitrogen and oxygen atoms in total. The number of hydrogen-bond acceptors (Lipinski definition) is 3. The number of hydrogen-bond donors (Lipinski definition) is 1. The van der Waals surface area contributed by atoms with Crippen LogP contribution in [0.3, 0.4) is 0 Å². The molecule has 0 spiro atoms. The van der Waals surface area contributed by atoms with Crippen LogP contribution in [-0.4, -0.2) is 37.6 Å². The second-order valence-corrected chi connectivity index (χ2v) is 7.06. The summed E-state index contributed by atoms with van der Waals surface area (Å²) in [6.07, 6.45) is 0. The molecule has 1 amide bonds. The molecule has 1 rings (SSSR count). The number of sulfonamides is 1. The number of benzene rings is 1. The zero-order valence-corrected chi connectivity index (χ0v) is 12.6. The minimum absolute atomic E-state index is 0.168. The molecule has 0 bridgehead atoms. The largest absolute Gasteiger partial charge is 0.326 e. The number of nitrogens with one attached hydrogen (secondary N) is 1. The summed E-state index contributed by atoms with van der Waals surface area (Å²) >= 11 is 5.80. The van der Waals surface area contributed by atoms with Gasteiger partial charge in [-0.25, -0.2) is 8.42 Å². The van der Waals surface area contributed by atoms with Crippen molar-refractivity contribution in [3.8, 4) is 0 Å². The molecule has 0 saturated heterocycles. The SMILES string of the molecule is CC(=O)Nc1ccc(S(=O)(=O)N(C)CC(C)Cl)cc1. The van der Waals surface area contributed by atoms with Crippen molar-refractivity contribution in [3.05, 3.63) is 24.3 Å². The predicted octanol–water partition coefficient (Wildman–Crippen LogP) is 1.89. The lowest BCUT2D eigenvalue weighted by Gasteiger charge is -2.18. The summed E-state index contributed by atoms with van der Waals surface area (Å²) < 4.78 is 25.6. The van der Waals surface area contributed by atoms with Crippen LogP contribution < -0.4 is 5.32 Å². The highest BCUT2D eigenvalue weighted by Gasteiger charge is 2.21. The van der Waals surface area contributed by atoms with E-state index in [2.05, 4.69) is 5.32 Å². The maximum atomic E-state index is 12.2. The number of halogens is 1. The Hall–Kier alpha value is -1.11. The van der Waals surface area contributed by atoms with Crippen LogP contribution in [0.2, 0.25) is 0 Å². The van der Waals surface area contributed by atoms with Crippen molar-refractivity contribution < 1.29 is 13.2 Å². The zero-order chi connectivity index (χ0) is 14.6. The Morgan fingerprint density at radius 2 is 1.89 bits per heavy atom. The van der Waals surface area contributed by atoms with Crippen molar-refractivity contribution in [1.82, 2.24) is 4.31 Å². The molecule has 1 atom stereocenters. The first kappa shape index (κ1) is 15.9. The summed E-state index contributed by atoms with van der Waals surface area (Å²) in [7, 11) is -2.06. The molecule has 0 saturated carbocycles. The molecular weight excluding hydrogens is 288 g/mol. The summed E-state index contributed by atoms with van der Waals surface area (Å²) in [5.74, 6) is -0.205. The molecule has 0 heterocycles. The quantitative estimate of drug-likeness (QED) is 0.845. The van der Waals surface area contributed by atoms with Gasteiger partial charge in [0, 0.05) is 31.6 Å². The summed E-state index contributed by atoms with van der Waals surface area (Å²) in [5.41, 5.74) is 0.555. The fourth-order valence-electron chi connectivity index (χ4n) is 1.55. The lowest BCUT2D eigenvalue weighted by atomic mass is 10.3. The second-order valence-electron chi connectivity index (χ2n) is 4.27. The van der Waals surface area contributed by atoms with Crippen molar-refractivity contribution in [2.75, 3.05) is 18.9 Å². The van der Waals surface area contributed by atoms with E-state index in [-0.39, 0.29) is 22.7 Å². The minimum atomic E-state index is -3.54. The van der Waals surface area contributed by atoms with Gasteiger partial charge in [0.15, 0.2) is 0 Å².